The van der Waals surface area contributed by atoms with E-state index in [0.29, 0.717) is 16.7 Å². The maximum atomic E-state index is 13.3. The molecule has 8 heteroatoms. The molecule has 0 spiro atoms. The average Bonchev–Trinajstić information content (AvgIpc) is 3.22. The Labute approximate surface area is 214 Å². The molecule has 0 aromatic heterocycles. The summed E-state index contributed by atoms with van der Waals surface area (Å²) in [5, 5.41) is 7.82. The molecule has 178 valence electrons. The number of nitrogens with zero attached hydrogens (tertiary/aromatic N) is 2. The van der Waals surface area contributed by atoms with Gasteiger partial charge >= 0.3 is 5.97 Å². The van der Waals surface area contributed by atoms with Crippen LogP contribution in [0.1, 0.15) is 43.4 Å². The van der Waals surface area contributed by atoms with Crippen LogP contribution in [0.4, 0.5) is 0 Å². The fourth-order valence-corrected chi connectivity index (χ4v) is 5.36. The molecular weight excluding hydrogens is 491 g/mol. The van der Waals surface area contributed by atoms with E-state index in [-0.39, 0.29) is 35.3 Å². The second-order valence-corrected chi connectivity index (χ2v) is 10.1. The van der Waals surface area contributed by atoms with Gasteiger partial charge in [0.25, 0.3) is 5.91 Å². The maximum Gasteiger partial charge on any atom is 0.315 e. The standard InChI is InChI=1S/C26H26Cl2N2O3S/c1-2-33-24(32)16-34-15-23(31)30-26(18-8-12-21(28)13-9-18)22-5-3-4-19(25(22)29-30)14-17-6-10-20(27)11-7-17/h6-14,22,26H,2-5,15-16H2,1H3/b19-14-/t22-,26-/m0/s1. The Balaban J connectivity index is 1.61. The Kier molecular flexibility index (Phi) is 8.35. The van der Waals surface area contributed by atoms with Crippen LogP contribution >= 0.6 is 35.0 Å². The number of allylic oxidation sites excluding steroid dienone is 1. The smallest absolute Gasteiger partial charge is 0.315 e. The Morgan fingerprint density at radius 2 is 1.76 bits per heavy atom. The molecule has 0 radical (unpaired) electrons. The van der Waals surface area contributed by atoms with Gasteiger partial charge in [-0.05, 0) is 73.2 Å². The molecule has 1 aliphatic heterocycles. The van der Waals surface area contributed by atoms with Gasteiger partial charge in [0.15, 0.2) is 0 Å². The molecule has 0 bridgehead atoms. The molecule has 2 aromatic rings. The summed E-state index contributed by atoms with van der Waals surface area (Å²) < 4.78 is 4.97. The number of carbonyl (C=O) groups excluding carboxylic acids is 2. The van der Waals surface area contributed by atoms with E-state index in [0.717, 1.165) is 41.7 Å². The highest BCUT2D eigenvalue weighted by molar-refractivity contribution is 8.00. The predicted molar refractivity (Wildman–Crippen MR) is 139 cm³/mol. The third kappa shape index (κ3) is 5.85. The first kappa shape index (κ1) is 24.8. The zero-order valence-corrected chi connectivity index (χ0v) is 21.2. The van der Waals surface area contributed by atoms with Gasteiger partial charge in [0.2, 0.25) is 0 Å². The Morgan fingerprint density at radius 1 is 1.09 bits per heavy atom. The summed E-state index contributed by atoms with van der Waals surface area (Å²) in [6, 6.07) is 15.1. The molecule has 1 aliphatic carbocycles. The van der Waals surface area contributed by atoms with Crippen LogP contribution in [0.15, 0.2) is 59.2 Å². The predicted octanol–water partition coefficient (Wildman–Crippen LogP) is 6.41. The van der Waals surface area contributed by atoms with E-state index in [1.165, 1.54) is 11.8 Å². The van der Waals surface area contributed by atoms with E-state index in [4.69, 9.17) is 33.0 Å². The van der Waals surface area contributed by atoms with Crippen molar-refractivity contribution in [1.29, 1.82) is 0 Å². The average molecular weight is 517 g/mol. The highest BCUT2D eigenvalue weighted by Crippen LogP contribution is 2.44. The van der Waals surface area contributed by atoms with E-state index < -0.39 is 0 Å². The minimum atomic E-state index is -0.316. The van der Waals surface area contributed by atoms with Gasteiger partial charge in [0.05, 0.1) is 29.9 Å². The highest BCUT2D eigenvalue weighted by Gasteiger charge is 2.43. The van der Waals surface area contributed by atoms with E-state index >= 15 is 0 Å². The first-order valence-electron chi connectivity index (χ1n) is 11.3. The van der Waals surface area contributed by atoms with Crippen LogP contribution in [-0.4, -0.2) is 40.7 Å². The molecule has 1 fully saturated rings. The molecule has 2 aliphatic rings. The molecule has 34 heavy (non-hydrogen) atoms. The van der Waals surface area contributed by atoms with Gasteiger partial charge in [0.1, 0.15) is 0 Å². The van der Waals surface area contributed by atoms with Crippen LogP contribution in [0.25, 0.3) is 6.08 Å². The number of benzene rings is 2. The topological polar surface area (TPSA) is 59.0 Å². The molecule has 1 heterocycles. The number of hydrogen-bond acceptors (Lipinski definition) is 5. The summed E-state index contributed by atoms with van der Waals surface area (Å²) in [7, 11) is 0. The van der Waals surface area contributed by atoms with E-state index in [1.807, 2.05) is 48.5 Å². The van der Waals surface area contributed by atoms with Crippen molar-refractivity contribution >= 4 is 58.6 Å². The fraction of sp³-hybridized carbons (Fsp3) is 0.346. The van der Waals surface area contributed by atoms with Crippen LogP contribution in [0.5, 0.6) is 0 Å². The van der Waals surface area contributed by atoms with Crippen LogP contribution < -0.4 is 0 Å². The molecule has 0 unspecified atom stereocenters. The van der Waals surface area contributed by atoms with E-state index in [1.54, 1.807) is 11.9 Å². The summed E-state index contributed by atoms with van der Waals surface area (Å²) in [6.45, 7) is 2.10. The summed E-state index contributed by atoms with van der Waals surface area (Å²) >= 11 is 13.4. The summed E-state index contributed by atoms with van der Waals surface area (Å²) in [6.07, 6.45) is 5.02. The van der Waals surface area contributed by atoms with Crippen molar-refractivity contribution in [3.8, 4) is 0 Å². The first-order valence-corrected chi connectivity index (χ1v) is 13.2. The first-order chi connectivity index (χ1) is 16.5. The summed E-state index contributed by atoms with van der Waals surface area (Å²) in [5.74, 6) is -0.0396. The Hall–Kier alpha value is -2.28. The van der Waals surface area contributed by atoms with Crippen molar-refractivity contribution in [2.75, 3.05) is 18.1 Å². The van der Waals surface area contributed by atoms with Crippen molar-refractivity contribution in [2.45, 2.75) is 32.2 Å². The molecule has 0 saturated heterocycles. The number of amides is 1. The molecule has 4 rings (SSSR count). The van der Waals surface area contributed by atoms with E-state index in [2.05, 4.69) is 6.08 Å². The van der Waals surface area contributed by atoms with Gasteiger partial charge in [-0.25, -0.2) is 5.01 Å². The van der Waals surface area contributed by atoms with Crippen molar-refractivity contribution in [3.05, 3.63) is 75.3 Å². The van der Waals surface area contributed by atoms with Crippen LogP contribution in [0.3, 0.4) is 0 Å². The lowest BCUT2D eigenvalue weighted by atomic mass is 9.77. The normalized spacial score (nSPS) is 20.7. The lowest BCUT2D eigenvalue weighted by molar-refractivity contribution is -0.139. The number of halogens is 2. The summed E-state index contributed by atoms with van der Waals surface area (Å²) in [5.41, 5.74) is 4.17. The lowest BCUT2D eigenvalue weighted by Gasteiger charge is -2.29. The van der Waals surface area contributed by atoms with E-state index in [9.17, 15) is 9.59 Å². The molecule has 5 nitrogen and oxygen atoms in total. The zero-order chi connectivity index (χ0) is 24.1. The van der Waals surface area contributed by atoms with Gasteiger partial charge in [-0.2, -0.15) is 5.10 Å². The third-order valence-electron chi connectivity index (χ3n) is 5.93. The number of hydrogen-bond donors (Lipinski definition) is 0. The van der Waals surface area contributed by atoms with Crippen LogP contribution in [0.2, 0.25) is 10.0 Å². The number of thioether (sulfide) groups is 1. The van der Waals surface area contributed by atoms with Gasteiger partial charge in [-0.3, -0.25) is 9.59 Å². The summed E-state index contributed by atoms with van der Waals surface area (Å²) in [4.78, 5) is 24.9. The largest absolute Gasteiger partial charge is 0.465 e. The quantitative estimate of drug-likeness (QED) is 0.398. The van der Waals surface area contributed by atoms with Gasteiger partial charge in [-0.1, -0.05) is 47.5 Å². The molecule has 1 amide bonds. The Bertz CT molecular complexity index is 1100. The number of esters is 1. The molecule has 2 atom stereocenters. The third-order valence-corrected chi connectivity index (χ3v) is 7.33. The fourth-order valence-electron chi connectivity index (χ4n) is 4.45. The van der Waals surface area contributed by atoms with Gasteiger partial charge in [-0.15, -0.1) is 11.8 Å². The monoisotopic (exact) mass is 516 g/mol. The minimum Gasteiger partial charge on any atom is -0.465 e. The molecular formula is C26H26Cl2N2O3S. The molecule has 0 N–H and O–H groups in total. The molecule has 2 aromatic carbocycles. The van der Waals surface area contributed by atoms with Crippen LogP contribution in [0, 0.1) is 5.92 Å². The van der Waals surface area contributed by atoms with Crippen molar-refractivity contribution in [3.63, 3.8) is 0 Å². The highest BCUT2D eigenvalue weighted by atomic mass is 35.5. The number of rotatable bonds is 7. The minimum absolute atomic E-state index is 0.104. The van der Waals surface area contributed by atoms with Crippen LogP contribution in [-0.2, 0) is 14.3 Å². The zero-order valence-electron chi connectivity index (χ0n) is 18.9. The maximum absolute atomic E-state index is 13.3. The van der Waals surface area contributed by atoms with Gasteiger partial charge in [0, 0.05) is 16.0 Å². The number of ether oxygens (including phenoxy) is 1. The number of carbonyl (C=O) groups is 2. The van der Waals surface area contributed by atoms with Crippen molar-refractivity contribution in [1.82, 2.24) is 5.01 Å². The number of hydrazone groups is 1. The second-order valence-electron chi connectivity index (χ2n) is 8.24. The van der Waals surface area contributed by atoms with Gasteiger partial charge < -0.3 is 4.74 Å². The number of fused-ring (bicyclic) bond motifs is 1. The Morgan fingerprint density at radius 3 is 2.44 bits per heavy atom. The molecule has 1 saturated carbocycles. The second kappa shape index (κ2) is 11.4. The lowest BCUT2D eigenvalue weighted by Crippen LogP contribution is -2.33. The SMILES string of the molecule is CCOC(=O)CSCC(=O)N1N=C2/C(=C\c3ccc(Cl)cc3)CCC[C@@H]2[C@@H]1c1ccc(Cl)cc1. The van der Waals surface area contributed by atoms with Crippen molar-refractivity contribution < 1.29 is 14.3 Å². The van der Waals surface area contributed by atoms with Crippen molar-refractivity contribution in [2.24, 2.45) is 11.0 Å².